The summed E-state index contributed by atoms with van der Waals surface area (Å²) in [6.45, 7) is 1.80. The van der Waals surface area contributed by atoms with Gasteiger partial charge in [-0.1, -0.05) is 18.2 Å². The van der Waals surface area contributed by atoms with Crippen molar-refractivity contribution in [3.63, 3.8) is 0 Å². The highest BCUT2D eigenvalue weighted by atomic mass is 32.2. The molecular weight excluding hydrogens is 419 g/mol. The Morgan fingerprint density at radius 3 is 2.45 bits per heavy atom. The van der Waals surface area contributed by atoms with Crippen LogP contribution in [0.25, 0.3) is 6.08 Å². The molecule has 2 aromatic rings. The van der Waals surface area contributed by atoms with Gasteiger partial charge in [-0.25, -0.2) is 4.39 Å². The van der Waals surface area contributed by atoms with Crippen molar-refractivity contribution in [1.29, 1.82) is 0 Å². The quantitative estimate of drug-likeness (QED) is 0.606. The van der Waals surface area contributed by atoms with Gasteiger partial charge in [-0.05, 0) is 42.8 Å². The largest absolute Gasteiger partial charge is 0.496 e. The number of thioether (sulfide) groups is 1. The first-order chi connectivity index (χ1) is 15.0. The van der Waals surface area contributed by atoms with Crippen molar-refractivity contribution in [2.45, 2.75) is 19.4 Å². The summed E-state index contributed by atoms with van der Waals surface area (Å²) in [4.78, 5) is 28.9. The lowest BCUT2D eigenvalue weighted by molar-refractivity contribution is -0.123. The van der Waals surface area contributed by atoms with E-state index in [1.54, 1.807) is 38.5 Å². The number of hydrogen-bond acceptors (Lipinski definition) is 6. The minimum absolute atomic E-state index is 0.108. The number of imide groups is 1. The minimum atomic E-state index is -0.456. The number of rotatable bonds is 6. The zero-order valence-electron chi connectivity index (χ0n) is 17.4. The second-order valence-electron chi connectivity index (χ2n) is 7.32. The van der Waals surface area contributed by atoms with E-state index in [1.165, 1.54) is 6.07 Å². The lowest BCUT2D eigenvalue weighted by Crippen LogP contribution is -2.27. The molecular formula is C23H23FN2O4S. The van der Waals surface area contributed by atoms with E-state index < -0.39 is 17.0 Å². The van der Waals surface area contributed by atoms with E-state index in [4.69, 9.17) is 9.47 Å². The molecule has 0 bridgehead atoms. The molecule has 0 aromatic heterocycles. The van der Waals surface area contributed by atoms with Crippen molar-refractivity contribution >= 4 is 34.7 Å². The molecule has 0 unspecified atom stereocenters. The first-order valence-corrected chi connectivity index (χ1v) is 10.8. The maximum Gasteiger partial charge on any atom is 0.293 e. The third-order valence-corrected chi connectivity index (χ3v) is 6.33. The Balaban J connectivity index is 1.64. The number of halogens is 1. The van der Waals surface area contributed by atoms with Gasteiger partial charge in [-0.3, -0.25) is 14.5 Å². The standard InChI is InChI=1S/C23H23FN2O4S/c1-29-19-13-18(25-9-5-6-10-25)20(30-2)11-16(19)12-21-22(27)26(23(28)31-21)14-15-7-3-4-8-17(15)24/h3-4,7-8,11-13H,5-6,9-10,14H2,1-2H3/b21-12+. The van der Waals surface area contributed by atoms with Crippen LogP contribution in [0.15, 0.2) is 41.3 Å². The molecule has 2 fully saturated rings. The molecule has 6 nitrogen and oxygen atoms in total. The molecule has 0 saturated carbocycles. The fourth-order valence-corrected chi connectivity index (χ4v) is 4.63. The molecule has 2 aliphatic rings. The van der Waals surface area contributed by atoms with Gasteiger partial charge in [-0.15, -0.1) is 0 Å². The van der Waals surface area contributed by atoms with E-state index in [2.05, 4.69) is 4.90 Å². The SMILES string of the molecule is COc1cc(N2CCCC2)c(OC)cc1/C=C1/SC(=O)N(Cc2ccccc2F)C1=O. The Kier molecular flexibility index (Phi) is 6.18. The zero-order chi connectivity index (χ0) is 22.0. The van der Waals surface area contributed by atoms with Crippen molar-refractivity contribution in [2.24, 2.45) is 0 Å². The highest BCUT2D eigenvalue weighted by Gasteiger charge is 2.35. The van der Waals surface area contributed by atoms with Gasteiger partial charge < -0.3 is 14.4 Å². The van der Waals surface area contributed by atoms with Crippen LogP contribution in [0.4, 0.5) is 14.9 Å². The minimum Gasteiger partial charge on any atom is -0.496 e. The van der Waals surface area contributed by atoms with Crippen molar-refractivity contribution in [1.82, 2.24) is 4.90 Å². The highest BCUT2D eigenvalue weighted by Crippen LogP contribution is 2.40. The first-order valence-electron chi connectivity index (χ1n) is 10.0. The van der Waals surface area contributed by atoms with Crippen LogP contribution >= 0.6 is 11.8 Å². The van der Waals surface area contributed by atoms with Crippen LogP contribution < -0.4 is 14.4 Å². The number of carbonyl (C=O) groups excluding carboxylic acids is 2. The molecule has 0 spiro atoms. The van der Waals surface area contributed by atoms with Gasteiger partial charge >= 0.3 is 0 Å². The number of amides is 2. The number of carbonyl (C=O) groups is 2. The van der Waals surface area contributed by atoms with Crippen LogP contribution in [0.2, 0.25) is 0 Å². The summed E-state index contributed by atoms with van der Waals surface area (Å²) in [5, 5.41) is -0.431. The lowest BCUT2D eigenvalue weighted by Gasteiger charge is -2.22. The summed E-state index contributed by atoms with van der Waals surface area (Å²) in [7, 11) is 3.17. The second-order valence-corrected chi connectivity index (χ2v) is 8.31. The number of nitrogens with zero attached hydrogens (tertiary/aromatic N) is 2. The predicted octanol–water partition coefficient (Wildman–Crippen LogP) is 4.68. The summed E-state index contributed by atoms with van der Waals surface area (Å²) in [6.07, 6.45) is 3.88. The molecule has 0 radical (unpaired) electrons. The second kappa shape index (κ2) is 9.01. The molecule has 2 aliphatic heterocycles. The van der Waals surface area contributed by atoms with Gasteiger partial charge in [-0.2, -0.15) is 0 Å². The first kappa shape index (κ1) is 21.2. The average Bonchev–Trinajstić information content (AvgIpc) is 3.39. The molecule has 2 heterocycles. The van der Waals surface area contributed by atoms with Crippen molar-refractivity contribution in [3.05, 3.63) is 58.2 Å². The van der Waals surface area contributed by atoms with Crippen molar-refractivity contribution in [2.75, 3.05) is 32.2 Å². The Labute approximate surface area is 184 Å². The number of ether oxygens (including phenoxy) is 2. The van der Waals surface area contributed by atoms with Crippen LogP contribution in [0.1, 0.15) is 24.0 Å². The Hall–Kier alpha value is -3.00. The molecule has 2 aromatic carbocycles. The van der Waals surface area contributed by atoms with E-state index >= 15 is 0 Å². The van der Waals surface area contributed by atoms with Gasteiger partial charge in [0.15, 0.2) is 0 Å². The van der Waals surface area contributed by atoms with Crippen LogP contribution in [0.3, 0.4) is 0 Å². The Morgan fingerprint density at radius 1 is 1.06 bits per heavy atom. The Bertz CT molecular complexity index is 1050. The molecule has 0 N–H and O–H groups in total. The molecule has 0 aliphatic carbocycles. The monoisotopic (exact) mass is 442 g/mol. The molecule has 8 heteroatoms. The predicted molar refractivity (Wildman–Crippen MR) is 119 cm³/mol. The number of benzene rings is 2. The maximum absolute atomic E-state index is 14.0. The van der Waals surface area contributed by atoms with E-state index in [9.17, 15) is 14.0 Å². The van der Waals surface area contributed by atoms with Crippen LogP contribution in [-0.4, -0.2) is 43.4 Å². The van der Waals surface area contributed by atoms with Gasteiger partial charge in [0, 0.05) is 30.3 Å². The third kappa shape index (κ3) is 4.25. The van der Waals surface area contributed by atoms with Gasteiger partial charge in [0.25, 0.3) is 11.1 Å². The molecule has 4 rings (SSSR count). The number of methoxy groups -OCH3 is 2. The van der Waals surface area contributed by atoms with Crippen molar-refractivity contribution < 1.29 is 23.5 Å². The molecule has 2 amide bonds. The van der Waals surface area contributed by atoms with Crippen LogP contribution in [0.5, 0.6) is 11.5 Å². The summed E-state index contributed by atoms with van der Waals surface area (Å²) in [5.74, 6) is 0.362. The lowest BCUT2D eigenvalue weighted by atomic mass is 10.1. The summed E-state index contributed by atoms with van der Waals surface area (Å²) >= 11 is 0.833. The van der Waals surface area contributed by atoms with Gasteiger partial charge in [0.2, 0.25) is 0 Å². The van der Waals surface area contributed by atoms with Crippen molar-refractivity contribution in [3.8, 4) is 11.5 Å². The van der Waals surface area contributed by atoms with E-state index in [-0.39, 0.29) is 11.4 Å². The highest BCUT2D eigenvalue weighted by molar-refractivity contribution is 8.18. The van der Waals surface area contributed by atoms with Gasteiger partial charge in [0.05, 0.1) is 31.4 Å². The Morgan fingerprint density at radius 2 is 1.77 bits per heavy atom. The normalized spacial score (nSPS) is 17.7. The zero-order valence-corrected chi connectivity index (χ0v) is 18.2. The molecule has 2 saturated heterocycles. The molecule has 0 atom stereocenters. The van der Waals surface area contributed by atoms with E-state index in [1.807, 2.05) is 12.1 Å². The van der Waals surface area contributed by atoms with Gasteiger partial charge in [0.1, 0.15) is 17.3 Å². The summed E-state index contributed by atoms with van der Waals surface area (Å²) < 4.78 is 25.1. The van der Waals surface area contributed by atoms with Crippen LogP contribution in [0, 0.1) is 5.82 Å². The van der Waals surface area contributed by atoms with Crippen LogP contribution in [-0.2, 0) is 11.3 Å². The summed E-state index contributed by atoms with van der Waals surface area (Å²) in [5.41, 5.74) is 1.88. The molecule has 31 heavy (non-hydrogen) atoms. The fraction of sp³-hybridized carbons (Fsp3) is 0.304. The summed E-state index contributed by atoms with van der Waals surface area (Å²) in [6, 6.07) is 9.83. The average molecular weight is 443 g/mol. The number of anilines is 1. The molecule has 162 valence electrons. The smallest absolute Gasteiger partial charge is 0.293 e. The fourth-order valence-electron chi connectivity index (χ4n) is 3.80. The topological polar surface area (TPSA) is 59.1 Å². The maximum atomic E-state index is 14.0. The van der Waals surface area contributed by atoms with E-state index in [0.717, 1.165) is 48.3 Å². The number of hydrogen-bond donors (Lipinski definition) is 0. The third-order valence-electron chi connectivity index (χ3n) is 5.42. The van der Waals surface area contributed by atoms with E-state index in [0.29, 0.717) is 22.6 Å².